The SMILES string of the molecule is CCc1ccccc1-c1ccc(C[C@H](NC(=O)OCC2c3ccccc3-c3ccccc32)C(=O)O)cn1.Cl. The van der Waals surface area contributed by atoms with Crippen molar-refractivity contribution in [2.45, 2.75) is 31.7 Å². The van der Waals surface area contributed by atoms with E-state index in [2.05, 4.69) is 35.4 Å². The van der Waals surface area contributed by atoms with Crippen LogP contribution in [0, 0.1) is 0 Å². The van der Waals surface area contributed by atoms with Crippen LogP contribution in [0.3, 0.4) is 0 Å². The molecular weight excluding hydrogens is 500 g/mol. The first-order chi connectivity index (χ1) is 18.0. The van der Waals surface area contributed by atoms with Gasteiger partial charge in [0.25, 0.3) is 0 Å². The number of halogens is 1. The highest BCUT2D eigenvalue weighted by molar-refractivity contribution is 5.85. The summed E-state index contributed by atoms with van der Waals surface area (Å²) in [4.78, 5) is 29.1. The van der Waals surface area contributed by atoms with E-state index in [4.69, 9.17) is 4.74 Å². The number of carbonyl (C=O) groups is 2. The summed E-state index contributed by atoms with van der Waals surface area (Å²) in [7, 11) is 0. The number of carbonyl (C=O) groups excluding carboxylic acids is 1. The lowest BCUT2D eigenvalue weighted by molar-refractivity contribution is -0.139. The summed E-state index contributed by atoms with van der Waals surface area (Å²) in [5.74, 6) is -1.22. The van der Waals surface area contributed by atoms with Crippen LogP contribution in [0.1, 0.15) is 35.1 Å². The van der Waals surface area contributed by atoms with E-state index in [1.165, 1.54) is 5.56 Å². The number of alkyl carbamates (subject to hydrolysis) is 1. The summed E-state index contributed by atoms with van der Waals surface area (Å²) >= 11 is 0. The number of nitrogens with zero attached hydrogens (tertiary/aromatic N) is 1. The van der Waals surface area contributed by atoms with E-state index in [0.717, 1.165) is 39.9 Å². The van der Waals surface area contributed by atoms with Gasteiger partial charge >= 0.3 is 12.1 Å². The van der Waals surface area contributed by atoms with E-state index in [0.29, 0.717) is 5.56 Å². The van der Waals surface area contributed by atoms with Crippen LogP contribution in [0.15, 0.2) is 91.1 Å². The summed E-state index contributed by atoms with van der Waals surface area (Å²) in [6.07, 6.45) is 1.90. The highest BCUT2D eigenvalue weighted by atomic mass is 35.5. The Morgan fingerprint density at radius 3 is 2.08 bits per heavy atom. The van der Waals surface area contributed by atoms with Crippen molar-refractivity contribution in [3.8, 4) is 22.4 Å². The van der Waals surface area contributed by atoms with Crippen LogP contribution in [-0.2, 0) is 22.4 Å². The predicted octanol–water partition coefficient (Wildman–Crippen LogP) is 6.27. The zero-order valence-corrected chi connectivity index (χ0v) is 21.8. The van der Waals surface area contributed by atoms with E-state index in [1.54, 1.807) is 6.20 Å². The van der Waals surface area contributed by atoms with E-state index >= 15 is 0 Å². The first kappa shape index (κ1) is 26.9. The Morgan fingerprint density at radius 1 is 0.895 bits per heavy atom. The quantitative estimate of drug-likeness (QED) is 0.281. The predicted molar refractivity (Wildman–Crippen MR) is 150 cm³/mol. The number of aliphatic carboxylic acids is 1. The normalized spacial score (nSPS) is 12.6. The molecule has 0 saturated heterocycles. The average Bonchev–Trinajstić information content (AvgIpc) is 3.25. The maximum atomic E-state index is 12.6. The number of ether oxygens (including phenoxy) is 1. The molecule has 5 rings (SSSR count). The molecule has 1 atom stereocenters. The van der Waals surface area contributed by atoms with E-state index < -0.39 is 18.1 Å². The summed E-state index contributed by atoms with van der Waals surface area (Å²) in [6, 6.07) is 26.8. The van der Waals surface area contributed by atoms with Gasteiger partial charge in [-0.3, -0.25) is 4.98 Å². The number of carboxylic acid groups (broad SMARTS) is 1. The molecule has 1 amide bonds. The van der Waals surface area contributed by atoms with Crippen molar-refractivity contribution in [3.05, 3.63) is 113 Å². The first-order valence-electron chi connectivity index (χ1n) is 12.4. The minimum Gasteiger partial charge on any atom is -0.480 e. The van der Waals surface area contributed by atoms with Gasteiger partial charge in [-0.25, -0.2) is 9.59 Å². The molecule has 4 aromatic rings. The number of carboxylic acids is 1. The molecule has 194 valence electrons. The van der Waals surface area contributed by atoms with Gasteiger partial charge in [0.2, 0.25) is 0 Å². The Morgan fingerprint density at radius 2 is 1.50 bits per heavy atom. The number of aryl methyl sites for hydroxylation is 1. The molecule has 1 aliphatic rings. The van der Waals surface area contributed by atoms with Gasteiger partial charge in [0.1, 0.15) is 12.6 Å². The Bertz CT molecular complexity index is 1390. The molecule has 0 aliphatic heterocycles. The lowest BCUT2D eigenvalue weighted by Crippen LogP contribution is -2.42. The second kappa shape index (κ2) is 11.9. The van der Waals surface area contributed by atoms with Crippen molar-refractivity contribution in [1.29, 1.82) is 0 Å². The number of benzene rings is 3. The number of fused-ring (bicyclic) bond motifs is 3. The van der Waals surface area contributed by atoms with Crippen LogP contribution >= 0.6 is 12.4 Å². The van der Waals surface area contributed by atoms with Crippen LogP contribution in [0.4, 0.5) is 4.79 Å². The smallest absolute Gasteiger partial charge is 0.407 e. The van der Waals surface area contributed by atoms with Crippen LogP contribution in [0.5, 0.6) is 0 Å². The van der Waals surface area contributed by atoms with Crippen molar-refractivity contribution in [3.63, 3.8) is 0 Å². The first-order valence-corrected chi connectivity index (χ1v) is 12.4. The van der Waals surface area contributed by atoms with Gasteiger partial charge in [0, 0.05) is 24.1 Å². The number of hydrogen-bond acceptors (Lipinski definition) is 4. The molecule has 0 fully saturated rings. The fourth-order valence-electron chi connectivity index (χ4n) is 5.00. The fraction of sp³-hybridized carbons (Fsp3) is 0.194. The molecule has 0 saturated carbocycles. The van der Waals surface area contributed by atoms with Gasteiger partial charge in [-0.15, -0.1) is 12.4 Å². The lowest BCUT2D eigenvalue weighted by Gasteiger charge is -2.17. The maximum absolute atomic E-state index is 12.6. The Labute approximate surface area is 228 Å². The monoisotopic (exact) mass is 528 g/mol. The third-order valence-electron chi connectivity index (χ3n) is 6.87. The third kappa shape index (κ3) is 5.55. The standard InChI is InChI=1S/C31H28N2O4.ClH/c1-2-21-9-3-4-10-22(21)28-16-15-20(18-32-28)17-29(30(34)35)33-31(36)37-19-27-25-13-7-5-11-23(25)24-12-6-8-14-26(24)27;/h3-16,18,27,29H,2,17,19H2,1H3,(H,33,36)(H,34,35);1H/t29-;/m0./s1. The number of aromatic nitrogens is 1. The zero-order chi connectivity index (χ0) is 25.8. The lowest BCUT2D eigenvalue weighted by atomic mass is 9.98. The molecule has 0 bridgehead atoms. The average molecular weight is 529 g/mol. The van der Waals surface area contributed by atoms with E-state index in [-0.39, 0.29) is 31.4 Å². The van der Waals surface area contributed by atoms with Crippen molar-refractivity contribution < 1.29 is 19.4 Å². The van der Waals surface area contributed by atoms with Crippen LogP contribution in [-0.4, -0.2) is 34.8 Å². The van der Waals surface area contributed by atoms with E-state index in [9.17, 15) is 14.7 Å². The third-order valence-corrected chi connectivity index (χ3v) is 6.87. The molecule has 6 nitrogen and oxygen atoms in total. The maximum Gasteiger partial charge on any atom is 0.407 e. The summed E-state index contributed by atoms with van der Waals surface area (Å²) in [6.45, 7) is 2.22. The fourth-order valence-corrected chi connectivity index (χ4v) is 5.00. The highest BCUT2D eigenvalue weighted by Gasteiger charge is 2.29. The van der Waals surface area contributed by atoms with Gasteiger partial charge in [-0.1, -0.05) is 85.8 Å². The van der Waals surface area contributed by atoms with Crippen molar-refractivity contribution in [2.24, 2.45) is 0 Å². The summed E-state index contributed by atoms with van der Waals surface area (Å²) in [5.41, 5.74) is 8.26. The van der Waals surface area contributed by atoms with Crippen molar-refractivity contribution >= 4 is 24.5 Å². The summed E-state index contributed by atoms with van der Waals surface area (Å²) < 4.78 is 5.53. The topological polar surface area (TPSA) is 88.5 Å². The molecule has 7 heteroatoms. The molecule has 2 N–H and O–H groups in total. The number of amides is 1. The van der Waals surface area contributed by atoms with Crippen LogP contribution < -0.4 is 5.32 Å². The molecule has 1 heterocycles. The van der Waals surface area contributed by atoms with Gasteiger partial charge in [0.15, 0.2) is 0 Å². The minimum absolute atomic E-state index is 0. The Balaban J connectivity index is 0.00000336. The largest absolute Gasteiger partial charge is 0.480 e. The minimum atomic E-state index is -1.13. The van der Waals surface area contributed by atoms with Crippen molar-refractivity contribution in [1.82, 2.24) is 10.3 Å². The van der Waals surface area contributed by atoms with Gasteiger partial charge in [-0.05, 0) is 45.9 Å². The Kier molecular flexibility index (Phi) is 8.44. The number of hydrogen-bond donors (Lipinski definition) is 2. The second-order valence-electron chi connectivity index (χ2n) is 9.13. The second-order valence-corrected chi connectivity index (χ2v) is 9.13. The molecule has 38 heavy (non-hydrogen) atoms. The molecule has 0 radical (unpaired) electrons. The zero-order valence-electron chi connectivity index (χ0n) is 21.0. The summed E-state index contributed by atoms with van der Waals surface area (Å²) in [5, 5.41) is 12.2. The van der Waals surface area contributed by atoms with E-state index in [1.807, 2.05) is 66.7 Å². The molecule has 1 aromatic heterocycles. The molecule has 0 spiro atoms. The van der Waals surface area contributed by atoms with Gasteiger partial charge < -0.3 is 15.2 Å². The molecule has 1 aliphatic carbocycles. The van der Waals surface area contributed by atoms with Gasteiger partial charge in [-0.2, -0.15) is 0 Å². The number of nitrogens with one attached hydrogen (secondary N) is 1. The van der Waals surface area contributed by atoms with Crippen LogP contribution in [0.25, 0.3) is 22.4 Å². The number of pyridine rings is 1. The van der Waals surface area contributed by atoms with Crippen LogP contribution in [0.2, 0.25) is 0 Å². The molecular formula is C31H29ClN2O4. The number of rotatable bonds is 8. The highest BCUT2D eigenvalue weighted by Crippen LogP contribution is 2.44. The Hall–Kier alpha value is -4.16. The molecule has 3 aromatic carbocycles. The van der Waals surface area contributed by atoms with Crippen molar-refractivity contribution in [2.75, 3.05) is 6.61 Å². The van der Waals surface area contributed by atoms with Gasteiger partial charge in [0.05, 0.1) is 5.69 Å². The molecule has 0 unspecified atom stereocenters.